The van der Waals surface area contributed by atoms with Gasteiger partial charge in [-0.25, -0.2) is 4.39 Å². The predicted molar refractivity (Wildman–Crippen MR) is 123 cm³/mol. The van der Waals surface area contributed by atoms with E-state index in [2.05, 4.69) is 13.8 Å². The smallest absolute Gasteiger partial charge is 0.309 e. The number of hydrogen-bond donors (Lipinski definition) is 1. The van der Waals surface area contributed by atoms with Crippen LogP contribution in [0.4, 0.5) is 4.39 Å². The third-order valence-corrected chi connectivity index (χ3v) is 5.59. The van der Waals surface area contributed by atoms with Crippen molar-refractivity contribution in [1.82, 2.24) is 0 Å². The van der Waals surface area contributed by atoms with Crippen molar-refractivity contribution in [3.8, 4) is 16.9 Å². The molecule has 2 atom stereocenters. The second-order valence-electron chi connectivity index (χ2n) is 8.48. The first-order valence-electron chi connectivity index (χ1n) is 11.0. The minimum Gasteiger partial charge on any atom is -0.486 e. The van der Waals surface area contributed by atoms with E-state index in [1.807, 2.05) is 30.3 Å². The Labute approximate surface area is 192 Å². The monoisotopic (exact) mass is 450 g/mol. The Bertz CT molecular complexity index is 1120. The van der Waals surface area contributed by atoms with Crippen LogP contribution in [0.5, 0.6) is 5.75 Å². The summed E-state index contributed by atoms with van der Waals surface area (Å²) < 4.78 is 30.4. The zero-order valence-electron chi connectivity index (χ0n) is 18.7. The van der Waals surface area contributed by atoms with E-state index in [4.69, 9.17) is 13.9 Å². The molecule has 0 radical (unpaired) electrons. The highest BCUT2D eigenvalue weighted by Gasteiger charge is 2.25. The summed E-state index contributed by atoms with van der Waals surface area (Å²) in [5.74, 6) is 0.828. The Hall–Kier alpha value is -3.38. The van der Waals surface area contributed by atoms with E-state index < -0.39 is 18.2 Å². The quantitative estimate of drug-likeness (QED) is 0.456. The second-order valence-corrected chi connectivity index (χ2v) is 8.48. The summed E-state index contributed by atoms with van der Waals surface area (Å²) in [6.07, 6.45) is 4.49. The number of esters is 1. The zero-order valence-corrected chi connectivity index (χ0v) is 18.7. The molecular weight excluding hydrogens is 423 g/mol. The van der Waals surface area contributed by atoms with Gasteiger partial charge in [-0.3, -0.25) is 4.79 Å². The Balaban J connectivity index is 1.74. The van der Waals surface area contributed by atoms with E-state index in [0.29, 0.717) is 24.5 Å². The molecule has 0 spiro atoms. The van der Waals surface area contributed by atoms with Gasteiger partial charge < -0.3 is 19.0 Å². The van der Waals surface area contributed by atoms with Gasteiger partial charge in [-0.15, -0.1) is 0 Å². The van der Waals surface area contributed by atoms with Gasteiger partial charge in [0.1, 0.15) is 30.0 Å². The average molecular weight is 451 g/mol. The number of furan rings is 1. The Morgan fingerprint density at radius 2 is 2.00 bits per heavy atom. The molecule has 0 saturated carbocycles. The number of benzene rings is 2. The largest absolute Gasteiger partial charge is 0.486 e. The minimum atomic E-state index is -0.709. The maximum Gasteiger partial charge on any atom is 0.309 e. The van der Waals surface area contributed by atoms with Crippen molar-refractivity contribution >= 4 is 12.0 Å². The molecule has 2 aromatic carbocycles. The van der Waals surface area contributed by atoms with Crippen LogP contribution in [-0.4, -0.2) is 23.3 Å². The van der Waals surface area contributed by atoms with Gasteiger partial charge in [-0.2, -0.15) is 0 Å². The van der Waals surface area contributed by atoms with Crippen LogP contribution in [-0.2, 0) is 16.1 Å². The first-order valence-corrected chi connectivity index (χ1v) is 11.0. The molecule has 1 aliphatic rings. The van der Waals surface area contributed by atoms with Gasteiger partial charge in [-0.1, -0.05) is 32.1 Å². The summed E-state index contributed by atoms with van der Waals surface area (Å²) in [6, 6.07) is 13.9. The first-order chi connectivity index (χ1) is 15.9. The molecule has 1 aromatic heterocycles. The number of aliphatic hydroxyl groups is 1. The molecule has 5 nitrogen and oxygen atoms in total. The van der Waals surface area contributed by atoms with Crippen LogP contribution < -0.4 is 4.74 Å². The van der Waals surface area contributed by atoms with Gasteiger partial charge in [0.25, 0.3) is 0 Å². The summed E-state index contributed by atoms with van der Waals surface area (Å²) in [5.41, 5.74) is 3.67. The standard InChI is InChI=1S/C27H27FO5/c1-17(2)25-14-23(32-16-22-4-3-11-31-22)15-26(18-5-7-19(28)8-6-18)24(25)10-9-21-12-20(29)13-27(30)33-21/h3-11,14-15,17,20-21,29H,12-13,16H2,1-2H3/t20-,21-/m1/s1. The van der Waals surface area contributed by atoms with Crippen LogP contribution in [0.1, 0.15) is 49.5 Å². The fourth-order valence-corrected chi connectivity index (χ4v) is 3.94. The topological polar surface area (TPSA) is 68.9 Å². The lowest BCUT2D eigenvalue weighted by atomic mass is 9.89. The molecule has 1 saturated heterocycles. The highest BCUT2D eigenvalue weighted by Crippen LogP contribution is 2.36. The lowest BCUT2D eigenvalue weighted by Gasteiger charge is -2.24. The number of carbonyl (C=O) groups is 1. The van der Waals surface area contributed by atoms with Gasteiger partial charge >= 0.3 is 5.97 Å². The van der Waals surface area contributed by atoms with Gasteiger partial charge in [0.2, 0.25) is 0 Å². The van der Waals surface area contributed by atoms with E-state index in [0.717, 1.165) is 22.3 Å². The lowest BCUT2D eigenvalue weighted by molar-refractivity contribution is -0.156. The van der Waals surface area contributed by atoms with E-state index in [-0.39, 0.29) is 18.2 Å². The maximum atomic E-state index is 13.6. The number of carbonyl (C=O) groups excluding carboxylic acids is 1. The highest BCUT2D eigenvalue weighted by atomic mass is 19.1. The Kier molecular flexibility index (Phi) is 6.94. The van der Waals surface area contributed by atoms with Crippen LogP contribution in [0.15, 0.2) is 65.3 Å². The molecule has 33 heavy (non-hydrogen) atoms. The van der Waals surface area contributed by atoms with Crippen molar-refractivity contribution in [2.45, 2.75) is 51.4 Å². The number of rotatable bonds is 7. The lowest BCUT2D eigenvalue weighted by Crippen LogP contribution is -2.31. The van der Waals surface area contributed by atoms with Crippen LogP contribution in [0.25, 0.3) is 17.2 Å². The average Bonchev–Trinajstić information content (AvgIpc) is 3.29. The van der Waals surface area contributed by atoms with E-state index in [9.17, 15) is 14.3 Å². The molecule has 0 amide bonds. The molecular formula is C27H27FO5. The molecule has 1 fully saturated rings. The Morgan fingerprint density at radius 1 is 1.21 bits per heavy atom. The molecule has 3 aromatic rings. The summed E-state index contributed by atoms with van der Waals surface area (Å²) in [6.45, 7) is 4.46. The molecule has 0 aliphatic carbocycles. The summed E-state index contributed by atoms with van der Waals surface area (Å²) in [5, 5.41) is 9.93. The SMILES string of the molecule is CC(C)c1cc(OCc2ccco2)cc(-c2ccc(F)cc2)c1C=C[C@@H]1C[C@@H](O)CC(=O)O1. The van der Waals surface area contributed by atoms with Gasteiger partial charge in [0.05, 0.1) is 18.8 Å². The number of cyclic esters (lactones) is 1. The van der Waals surface area contributed by atoms with E-state index in [1.54, 1.807) is 24.5 Å². The van der Waals surface area contributed by atoms with Crippen molar-refractivity contribution in [3.63, 3.8) is 0 Å². The third-order valence-electron chi connectivity index (χ3n) is 5.59. The summed E-state index contributed by atoms with van der Waals surface area (Å²) >= 11 is 0. The van der Waals surface area contributed by atoms with Gasteiger partial charge in [0, 0.05) is 6.42 Å². The van der Waals surface area contributed by atoms with Crippen molar-refractivity contribution < 1.29 is 28.2 Å². The molecule has 4 rings (SSSR count). The van der Waals surface area contributed by atoms with Gasteiger partial charge in [0.15, 0.2) is 0 Å². The predicted octanol–water partition coefficient (Wildman–Crippen LogP) is 5.87. The summed E-state index contributed by atoms with van der Waals surface area (Å²) in [7, 11) is 0. The second kappa shape index (κ2) is 10.0. The van der Waals surface area contributed by atoms with Gasteiger partial charge in [-0.05, 0) is 70.6 Å². The minimum absolute atomic E-state index is 0.0180. The molecule has 0 unspecified atom stereocenters. The highest BCUT2D eigenvalue weighted by molar-refractivity contribution is 5.79. The molecule has 1 N–H and O–H groups in total. The van der Waals surface area contributed by atoms with Crippen LogP contribution in [0.3, 0.4) is 0 Å². The number of aliphatic hydroxyl groups excluding tert-OH is 1. The molecule has 2 heterocycles. The van der Waals surface area contributed by atoms with E-state index >= 15 is 0 Å². The fourth-order valence-electron chi connectivity index (χ4n) is 3.94. The third kappa shape index (κ3) is 5.71. The van der Waals surface area contributed by atoms with Crippen molar-refractivity contribution in [2.24, 2.45) is 0 Å². The van der Waals surface area contributed by atoms with Crippen LogP contribution in [0.2, 0.25) is 0 Å². The number of hydrogen-bond acceptors (Lipinski definition) is 5. The number of ether oxygens (including phenoxy) is 2. The van der Waals surface area contributed by atoms with Crippen molar-refractivity contribution in [2.75, 3.05) is 0 Å². The molecule has 0 bridgehead atoms. The molecule has 6 heteroatoms. The van der Waals surface area contributed by atoms with E-state index in [1.165, 1.54) is 12.1 Å². The molecule has 172 valence electrons. The summed E-state index contributed by atoms with van der Waals surface area (Å²) in [4.78, 5) is 11.7. The first kappa shape index (κ1) is 22.8. The Morgan fingerprint density at radius 3 is 2.67 bits per heavy atom. The molecule has 1 aliphatic heterocycles. The van der Waals surface area contributed by atoms with Crippen LogP contribution >= 0.6 is 0 Å². The normalized spacial score (nSPS) is 18.6. The van der Waals surface area contributed by atoms with Crippen molar-refractivity contribution in [3.05, 3.63) is 83.6 Å². The van der Waals surface area contributed by atoms with Crippen LogP contribution in [0, 0.1) is 5.82 Å². The van der Waals surface area contributed by atoms with Crippen molar-refractivity contribution in [1.29, 1.82) is 0 Å². The number of halogens is 1. The zero-order chi connectivity index (χ0) is 23.4. The fraction of sp³-hybridized carbons (Fsp3) is 0.296. The maximum absolute atomic E-state index is 13.6.